The maximum absolute atomic E-state index is 13.1. The van der Waals surface area contributed by atoms with Gasteiger partial charge in [0.15, 0.2) is 0 Å². The molecule has 3 nitrogen and oxygen atoms in total. The lowest BCUT2D eigenvalue weighted by Crippen LogP contribution is -2.56. The fraction of sp³-hybridized carbons (Fsp3) is 0.231. The number of rotatable bonds is 2. The van der Waals surface area contributed by atoms with E-state index >= 15 is 0 Å². The Bertz CT molecular complexity index is 678. The molecular formula is C13H7ClF6N2O. The molecule has 0 saturated heterocycles. The quantitative estimate of drug-likeness (QED) is 0.717. The molecule has 0 bridgehead atoms. The molecule has 0 aliphatic carbocycles. The summed E-state index contributed by atoms with van der Waals surface area (Å²) in [6.07, 6.45) is -11.1. The molecule has 0 unspecified atom stereocenters. The smallest absolute Gasteiger partial charge is 0.421 e. The minimum Gasteiger partial charge on any atom is -0.421 e. The van der Waals surface area contributed by atoms with Gasteiger partial charge in [-0.1, -0.05) is 30.3 Å². The Morgan fingerprint density at radius 2 is 1.61 bits per heavy atom. The van der Waals surface area contributed by atoms with Crippen molar-refractivity contribution in [2.45, 2.75) is 18.0 Å². The van der Waals surface area contributed by atoms with Crippen LogP contribution in [0.25, 0.3) is 0 Å². The van der Waals surface area contributed by atoms with Crippen molar-refractivity contribution in [3.05, 3.63) is 47.5 Å². The third-order valence-electron chi connectivity index (χ3n) is 2.81. The molecule has 0 atom stereocenters. The lowest BCUT2D eigenvalue weighted by atomic mass is 10.1. The predicted molar refractivity (Wildman–Crippen MR) is 71.5 cm³/mol. The summed E-state index contributed by atoms with van der Waals surface area (Å²) < 4.78 is 83.7. The van der Waals surface area contributed by atoms with Crippen molar-refractivity contribution in [1.82, 2.24) is 0 Å². The van der Waals surface area contributed by atoms with Crippen LogP contribution in [0.3, 0.4) is 0 Å². The molecule has 23 heavy (non-hydrogen) atoms. The number of aliphatic imine (C=N–C) groups is 2. The average molecular weight is 357 g/mol. The predicted octanol–water partition coefficient (Wildman–Crippen LogP) is 4.52. The van der Waals surface area contributed by atoms with E-state index in [1.807, 2.05) is 0 Å². The molecule has 0 aromatic heterocycles. The number of hydrogen-bond donors (Lipinski definition) is 0. The molecule has 1 heterocycles. The Labute approximate surface area is 130 Å². The van der Waals surface area contributed by atoms with Crippen LogP contribution < -0.4 is 0 Å². The van der Waals surface area contributed by atoms with Gasteiger partial charge in [0.1, 0.15) is 0 Å². The average Bonchev–Trinajstić information content (AvgIpc) is 2.44. The lowest BCUT2D eigenvalue weighted by molar-refractivity contribution is -0.293. The molecule has 1 aromatic rings. The van der Waals surface area contributed by atoms with Crippen LogP contribution in [0.2, 0.25) is 5.02 Å². The number of ether oxygens (including phenoxy) is 1. The van der Waals surface area contributed by atoms with Crippen LogP contribution in [0.4, 0.5) is 26.3 Å². The van der Waals surface area contributed by atoms with Gasteiger partial charge >= 0.3 is 18.0 Å². The Morgan fingerprint density at radius 1 is 1.04 bits per heavy atom. The monoisotopic (exact) mass is 356 g/mol. The molecule has 0 N–H and O–H groups in total. The SMILES string of the molecule is C=CC1=NC(C(F)(F)F)(C(F)(F)F)N=C(c2ccccc2Cl)O1. The van der Waals surface area contributed by atoms with E-state index < -0.39 is 29.8 Å². The highest BCUT2D eigenvalue weighted by atomic mass is 35.5. The highest BCUT2D eigenvalue weighted by molar-refractivity contribution is 6.34. The van der Waals surface area contributed by atoms with Crippen molar-refractivity contribution in [2.24, 2.45) is 9.98 Å². The lowest BCUT2D eigenvalue weighted by Gasteiger charge is -2.33. The molecule has 0 saturated carbocycles. The fourth-order valence-electron chi connectivity index (χ4n) is 1.73. The summed E-state index contributed by atoms with van der Waals surface area (Å²) in [5.74, 6) is -1.92. The van der Waals surface area contributed by atoms with Crippen molar-refractivity contribution >= 4 is 23.4 Å². The maximum Gasteiger partial charge on any atom is 0.443 e. The first kappa shape index (κ1) is 17.3. The number of nitrogens with zero attached hydrogens (tertiary/aromatic N) is 2. The zero-order valence-electron chi connectivity index (χ0n) is 11.0. The molecule has 0 radical (unpaired) electrons. The number of alkyl halides is 6. The van der Waals surface area contributed by atoms with Gasteiger partial charge in [-0.2, -0.15) is 26.3 Å². The van der Waals surface area contributed by atoms with Gasteiger partial charge in [-0.15, -0.1) is 0 Å². The van der Waals surface area contributed by atoms with Crippen LogP contribution in [-0.2, 0) is 4.74 Å². The van der Waals surface area contributed by atoms with E-state index in [-0.39, 0.29) is 10.6 Å². The van der Waals surface area contributed by atoms with Crippen LogP contribution in [0, 0.1) is 0 Å². The molecular weight excluding hydrogens is 350 g/mol. The van der Waals surface area contributed by atoms with Gasteiger partial charge in [0.05, 0.1) is 10.6 Å². The minimum absolute atomic E-state index is 0.130. The molecule has 10 heteroatoms. The molecule has 2 rings (SSSR count). The van der Waals surface area contributed by atoms with Gasteiger partial charge in [-0.3, -0.25) is 0 Å². The standard InChI is InChI=1S/C13H7ClF6N2O/c1-2-9-21-11(12(15,16)17,13(18,19)20)22-10(23-9)7-5-3-4-6-8(7)14/h2-6H,1H2. The summed E-state index contributed by atoms with van der Waals surface area (Å²) in [4.78, 5) is 5.29. The highest BCUT2D eigenvalue weighted by Crippen LogP contribution is 2.48. The van der Waals surface area contributed by atoms with E-state index in [9.17, 15) is 26.3 Å². The number of halogens is 7. The molecule has 0 spiro atoms. The van der Waals surface area contributed by atoms with Crippen molar-refractivity contribution in [1.29, 1.82) is 0 Å². The summed E-state index contributed by atoms with van der Waals surface area (Å²) in [6, 6.07) is 5.24. The Kier molecular flexibility index (Phi) is 4.18. The highest BCUT2D eigenvalue weighted by Gasteiger charge is 2.73. The van der Waals surface area contributed by atoms with Crippen molar-refractivity contribution in [3.8, 4) is 0 Å². The second-order valence-electron chi connectivity index (χ2n) is 4.32. The van der Waals surface area contributed by atoms with E-state index in [4.69, 9.17) is 16.3 Å². The first-order valence-corrected chi connectivity index (χ1v) is 6.28. The van der Waals surface area contributed by atoms with Gasteiger partial charge < -0.3 is 4.74 Å². The topological polar surface area (TPSA) is 34.0 Å². The zero-order valence-corrected chi connectivity index (χ0v) is 11.8. The van der Waals surface area contributed by atoms with Gasteiger partial charge in [0.25, 0.3) is 0 Å². The van der Waals surface area contributed by atoms with Gasteiger partial charge in [-0.05, 0) is 18.2 Å². The van der Waals surface area contributed by atoms with Crippen LogP contribution in [0.1, 0.15) is 5.56 Å². The summed E-state index contributed by atoms with van der Waals surface area (Å²) in [6.45, 7) is 3.09. The second-order valence-corrected chi connectivity index (χ2v) is 4.73. The third kappa shape index (κ3) is 2.92. The number of benzene rings is 1. The van der Waals surface area contributed by atoms with Crippen molar-refractivity contribution in [3.63, 3.8) is 0 Å². The van der Waals surface area contributed by atoms with Crippen LogP contribution in [0.5, 0.6) is 0 Å². The van der Waals surface area contributed by atoms with Crippen LogP contribution in [-0.4, -0.2) is 29.8 Å². The zero-order chi connectivity index (χ0) is 17.5. The van der Waals surface area contributed by atoms with Gasteiger partial charge in [-0.25, -0.2) is 9.98 Å². The maximum atomic E-state index is 13.1. The van der Waals surface area contributed by atoms with E-state index in [2.05, 4.69) is 16.6 Å². The van der Waals surface area contributed by atoms with E-state index in [0.717, 1.165) is 0 Å². The van der Waals surface area contributed by atoms with Crippen LogP contribution >= 0.6 is 11.6 Å². The Balaban J connectivity index is 2.74. The van der Waals surface area contributed by atoms with Crippen LogP contribution in [0.15, 0.2) is 46.9 Å². The summed E-state index contributed by atoms with van der Waals surface area (Å²) >= 11 is 5.78. The van der Waals surface area contributed by atoms with E-state index in [1.54, 1.807) is 0 Å². The normalized spacial score (nSPS) is 17.9. The molecule has 1 aliphatic rings. The Hall–Kier alpha value is -2.03. The molecule has 0 fully saturated rings. The summed E-state index contributed by atoms with van der Waals surface area (Å²) in [5, 5.41) is -0.130. The third-order valence-corrected chi connectivity index (χ3v) is 3.14. The first-order valence-electron chi connectivity index (χ1n) is 5.90. The largest absolute Gasteiger partial charge is 0.443 e. The van der Waals surface area contributed by atoms with Gasteiger partial charge in [0, 0.05) is 0 Å². The molecule has 0 amide bonds. The van der Waals surface area contributed by atoms with E-state index in [0.29, 0.717) is 6.08 Å². The fourth-order valence-corrected chi connectivity index (χ4v) is 1.94. The Morgan fingerprint density at radius 3 is 2.09 bits per heavy atom. The molecule has 1 aromatic carbocycles. The van der Waals surface area contributed by atoms with Crippen molar-refractivity contribution < 1.29 is 31.1 Å². The minimum atomic E-state index is -5.84. The van der Waals surface area contributed by atoms with Gasteiger partial charge in [0.2, 0.25) is 11.8 Å². The second kappa shape index (κ2) is 5.55. The molecule has 124 valence electrons. The number of hydrogen-bond acceptors (Lipinski definition) is 3. The summed E-state index contributed by atoms with van der Waals surface area (Å²) in [7, 11) is 0. The van der Waals surface area contributed by atoms with Crippen molar-refractivity contribution in [2.75, 3.05) is 0 Å². The van der Waals surface area contributed by atoms with E-state index in [1.165, 1.54) is 24.3 Å². The molecule has 1 aliphatic heterocycles. The first-order chi connectivity index (χ1) is 10.5. The summed E-state index contributed by atoms with van der Waals surface area (Å²) in [5.41, 5.74) is -4.92.